The molecule has 2 rings (SSSR count). The summed E-state index contributed by atoms with van der Waals surface area (Å²) in [5, 5.41) is 20.3. The molecule has 0 saturated carbocycles. The molecule has 0 aromatic heterocycles. The van der Waals surface area contributed by atoms with Gasteiger partial charge in [0.2, 0.25) is 0 Å². The van der Waals surface area contributed by atoms with Crippen LogP contribution in [0.2, 0.25) is 0 Å². The van der Waals surface area contributed by atoms with Gasteiger partial charge in [-0.1, -0.05) is 37.6 Å². The Morgan fingerprint density at radius 1 is 1.27 bits per heavy atom. The molecule has 2 aliphatic carbocycles. The number of rotatable bonds is 0. The Balaban J connectivity index is 2.59. The van der Waals surface area contributed by atoms with Crippen LogP contribution < -0.4 is 0 Å². The third-order valence-electron chi connectivity index (χ3n) is 4.32. The largest absolute Gasteiger partial charge is 0.386 e. The first-order valence-electron chi connectivity index (χ1n) is 5.53. The van der Waals surface area contributed by atoms with Gasteiger partial charge in [0.1, 0.15) is 11.7 Å². The molecular weight excluding hydrogens is 188 g/mol. The molecule has 0 aromatic carbocycles. The van der Waals surface area contributed by atoms with E-state index in [1.165, 1.54) is 0 Å². The Labute approximate surface area is 91.3 Å². The molecule has 0 bridgehead atoms. The molecule has 0 heterocycles. The average Bonchev–Trinajstić information content (AvgIpc) is 2.26. The van der Waals surface area contributed by atoms with Gasteiger partial charge in [-0.2, -0.15) is 0 Å². The van der Waals surface area contributed by atoms with E-state index in [0.717, 1.165) is 12.0 Å². The van der Waals surface area contributed by atoms with Gasteiger partial charge in [0.05, 0.1) is 0 Å². The van der Waals surface area contributed by atoms with E-state index in [0.29, 0.717) is 0 Å². The molecule has 15 heavy (non-hydrogen) atoms. The van der Waals surface area contributed by atoms with Crippen LogP contribution in [0.15, 0.2) is 23.8 Å². The molecule has 0 spiro atoms. The van der Waals surface area contributed by atoms with Gasteiger partial charge in [-0.15, -0.1) is 0 Å². The fraction of sp³-hybridized carbons (Fsp3) is 0.692. The topological polar surface area (TPSA) is 40.5 Å². The van der Waals surface area contributed by atoms with Crippen molar-refractivity contribution >= 4 is 0 Å². The molecule has 0 amide bonds. The lowest BCUT2D eigenvalue weighted by Gasteiger charge is -2.46. The van der Waals surface area contributed by atoms with Crippen LogP contribution in [0.25, 0.3) is 0 Å². The maximum absolute atomic E-state index is 10.4. The van der Waals surface area contributed by atoms with E-state index in [2.05, 4.69) is 19.9 Å². The average molecular weight is 208 g/mol. The summed E-state index contributed by atoms with van der Waals surface area (Å²) in [5.74, 6) is 0. The fourth-order valence-electron chi connectivity index (χ4n) is 2.96. The zero-order chi connectivity index (χ0) is 11.5. The predicted molar refractivity (Wildman–Crippen MR) is 60.4 cm³/mol. The van der Waals surface area contributed by atoms with Crippen molar-refractivity contribution in [3.63, 3.8) is 0 Å². The van der Waals surface area contributed by atoms with Gasteiger partial charge in [-0.05, 0) is 25.7 Å². The van der Waals surface area contributed by atoms with Crippen molar-refractivity contribution in [2.45, 2.75) is 45.8 Å². The SMILES string of the molecule is CC1(C)CC=CC2(C)C1=CC(O)C2(C)O. The van der Waals surface area contributed by atoms with Gasteiger partial charge in [0.25, 0.3) is 0 Å². The summed E-state index contributed by atoms with van der Waals surface area (Å²) >= 11 is 0. The van der Waals surface area contributed by atoms with Crippen LogP contribution in [-0.2, 0) is 0 Å². The standard InChI is InChI=1S/C13H20O2/c1-11(2)6-5-7-12(3)9(11)8-10(14)13(12,4)15/h5,7-8,10,14-15H,6H2,1-4H3. The van der Waals surface area contributed by atoms with Crippen LogP contribution >= 0.6 is 0 Å². The van der Waals surface area contributed by atoms with E-state index < -0.39 is 17.1 Å². The second-order valence-corrected chi connectivity index (χ2v) is 5.87. The normalized spacial score (nSPS) is 47.6. The first-order valence-corrected chi connectivity index (χ1v) is 5.53. The predicted octanol–water partition coefficient (Wildman–Crippen LogP) is 2.03. The molecule has 2 aliphatic rings. The van der Waals surface area contributed by atoms with Crippen molar-refractivity contribution in [3.8, 4) is 0 Å². The first-order chi connectivity index (χ1) is 6.72. The Bertz CT molecular complexity index is 350. The third kappa shape index (κ3) is 1.18. The summed E-state index contributed by atoms with van der Waals surface area (Å²) < 4.78 is 0. The lowest BCUT2D eigenvalue weighted by atomic mass is 9.61. The highest BCUT2D eigenvalue weighted by Gasteiger charge is 2.57. The van der Waals surface area contributed by atoms with Gasteiger partial charge in [0.15, 0.2) is 0 Å². The minimum Gasteiger partial charge on any atom is -0.386 e. The van der Waals surface area contributed by atoms with Crippen molar-refractivity contribution < 1.29 is 10.2 Å². The van der Waals surface area contributed by atoms with Gasteiger partial charge < -0.3 is 10.2 Å². The van der Waals surface area contributed by atoms with Crippen molar-refractivity contribution in [1.29, 1.82) is 0 Å². The fourth-order valence-corrected chi connectivity index (χ4v) is 2.96. The third-order valence-corrected chi connectivity index (χ3v) is 4.32. The van der Waals surface area contributed by atoms with Gasteiger partial charge in [0, 0.05) is 5.41 Å². The number of hydrogen-bond donors (Lipinski definition) is 2. The number of hydrogen-bond acceptors (Lipinski definition) is 2. The molecule has 0 aromatic rings. The number of allylic oxidation sites excluding steroid dienone is 1. The van der Waals surface area contributed by atoms with E-state index in [-0.39, 0.29) is 5.41 Å². The Kier molecular flexibility index (Phi) is 1.99. The highest BCUT2D eigenvalue weighted by Crippen LogP contribution is 2.57. The van der Waals surface area contributed by atoms with Gasteiger partial charge in [-0.25, -0.2) is 0 Å². The molecule has 2 nitrogen and oxygen atoms in total. The van der Waals surface area contributed by atoms with Crippen molar-refractivity contribution in [1.82, 2.24) is 0 Å². The monoisotopic (exact) mass is 208 g/mol. The Hall–Kier alpha value is -0.600. The molecule has 3 unspecified atom stereocenters. The smallest absolute Gasteiger partial charge is 0.104 e. The summed E-state index contributed by atoms with van der Waals surface area (Å²) in [6.45, 7) is 8.04. The maximum Gasteiger partial charge on any atom is 0.104 e. The maximum atomic E-state index is 10.4. The van der Waals surface area contributed by atoms with Crippen molar-refractivity contribution in [2.75, 3.05) is 0 Å². The van der Waals surface area contributed by atoms with Gasteiger partial charge >= 0.3 is 0 Å². The molecule has 84 valence electrons. The minimum atomic E-state index is -1.09. The van der Waals surface area contributed by atoms with Crippen LogP contribution in [-0.4, -0.2) is 21.9 Å². The molecule has 0 fully saturated rings. The number of aliphatic hydroxyl groups excluding tert-OH is 1. The van der Waals surface area contributed by atoms with E-state index >= 15 is 0 Å². The highest BCUT2D eigenvalue weighted by atomic mass is 16.3. The minimum absolute atomic E-state index is 0.0327. The summed E-state index contributed by atoms with van der Waals surface area (Å²) in [5.41, 5.74) is -0.314. The van der Waals surface area contributed by atoms with Crippen LogP contribution in [0.5, 0.6) is 0 Å². The van der Waals surface area contributed by atoms with Crippen LogP contribution in [0, 0.1) is 10.8 Å². The summed E-state index contributed by atoms with van der Waals surface area (Å²) in [7, 11) is 0. The quantitative estimate of drug-likeness (QED) is 0.598. The summed E-state index contributed by atoms with van der Waals surface area (Å²) in [6.07, 6.45) is 6.20. The summed E-state index contributed by atoms with van der Waals surface area (Å²) in [4.78, 5) is 0. The van der Waals surface area contributed by atoms with Crippen LogP contribution in [0.3, 0.4) is 0 Å². The van der Waals surface area contributed by atoms with E-state index in [1.807, 2.05) is 19.1 Å². The Morgan fingerprint density at radius 2 is 1.87 bits per heavy atom. The lowest BCUT2D eigenvalue weighted by Crippen LogP contribution is -2.49. The summed E-state index contributed by atoms with van der Waals surface area (Å²) in [6, 6.07) is 0. The van der Waals surface area contributed by atoms with Crippen LogP contribution in [0.4, 0.5) is 0 Å². The molecule has 0 radical (unpaired) electrons. The second kappa shape index (κ2) is 2.74. The lowest BCUT2D eigenvalue weighted by molar-refractivity contribution is -0.0821. The molecular formula is C13H20O2. The molecule has 2 heteroatoms. The zero-order valence-corrected chi connectivity index (χ0v) is 9.91. The number of fused-ring (bicyclic) bond motifs is 1. The molecule has 0 aliphatic heterocycles. The molecule has 2 N–H and O–H groups in total. The van der Waals surface area contributed by atoms with E-state index in [4.69, 9.17) is 0 Å². The highest BCUT2D eigenvalue weighted by molar-refractivity contribution is 5.42. The molecule has 3 atom stereocenters. The van der Waals surface area contributed by atoms with Crippen molar-refractivity contribution in [2.24, 2.45) is 10.8 Å². The van der Waals surface area contributed by atoms with Gasteiger partial charge in [-0.3, -0.25) is 0 Å². The zero-order valence-electron chi connectivity index (χ0n) is 9.91. The second-order valence-electron chi connectivity index (χ2n) is 5.87. The van der Waals surface area contributed by atoms with E-state index in [1.54, 1.807) is 6.92 Å². The number of aliphatic hydroxyl groups is 2. The van der Waals surface area contributed by atoms with Crippen molar-refractivity contribution in [3.05, 3.63) is 23.8 Å². The Morgan fingerprint density at radius 3 is 2.40 bits per heavy atom. The van der Waals surface area contributed by atoms with E-state index in [9.17, 15) is 10.2 Å². The first kappa shape index (κ1) is 10.9. The van der Waals surface area contributed by atoms with Crippen LogP contribution in [0.1, 0.15) is 34.1 Å². The molecule has 0 saturated heterocycles.